The van der Waals surface area contributed by atoms with Crippen LogP contribution in [-0.2, 0) is 0 Å². The van der Waals surface area contributed by atoms with E-state index in [9.17, 15) is 10.1 Å². The van der Waals surface area contributed by atoms with Crippen LogP contribution in [0.5, 0.6) is 5.75 Å². The molecule has 1 aromatic carbocycles. The van der Waals surface area contributed by atoms with Gasteiger partial charge in [0.25, 0.3) is 0 Å². The molecule has 1 aromatic rings. The van der Waals surface area contributed by atoms with Gasteiger partial charge in [-0.2, -0.15) is 0 Å². The molecule has 1 radical (unpaired) electrons. The van der Waals surface area contributed by atoms with Crippen molar-refractivity contribution in [2.45, 2.75) is 20.0 Å². The molecule has 0 aliphatic carbocycles. The Morgan fingerprint density at radius 1 is 1.50 bits per heavy atom. The lowest BCUT2D eigenvalue weighted by Gasteiger charge is -2.10. The van der Waals surface area contributed by atoms with Gasteiger partial charge in [-0.3, -0.25) is 10.1 Å². The van der Waals surface area contributed by atoms with Gasteiger partial charge >= 0.3 is 5.69 Å². The number of nitro groups is 1. The van der Waals surface area contributed by atoms with E-state index in [1.165, 1.54) is 6.07 Å². The summed E-state index contributed by atoms with van der Waals surface area (Å²) in [7, 11) is 0. The average Bonchev–Trinajstić information content (AvgIpc) is 2.01. The smallest absolute Gasteiger partial charge is 0.310 e. The van der Waals surface area contributed by atoms with E-state index in [2.05, 4.69) is 6.92 Å². The second-order valence-electron chi connectivity index (χ2n) is 3.23. The van der Waals surface area contributed by atoms with Gasteiger partial charge < -0.3 is 4.74 Å². The summed E-state index contributed by atoms with van der Waals surface area (Å²) in [5.41, 5.74) is 0.678. The summed E-state index contributed by atoms with van der Waals surface area (Å²) in [5, 5.41) is 10.6. The van der Waals surface area contributed by atoms with Crippen molar-refractivity contribution >= 4 is 5.69 Å². The largest absolute Gasteiger partial charge is 0.484 e. The number of hydrogen-bond acceptors (Lipinski definition) is 3. The number of benzene rings is 1. The molecule has 0 fully saturated rings. The number of rotatable bonds is 3. The molecule has 75 valence electrons. The topological polar surface area (TPSA) is 52.4 Å². The predicted octanol–water partition coefficient (Wildman–Crippen LogP) is 2.56. The summed E-state index contributed by atoms with van der Waals surface area (Å²) in [4.78, 5) is 10.2. The quantitative estimate of drug-likeness (QED) is 0.548. The van der Waals surface area contributed by atoms with Crippen LogP contribution in [0.3, 0.4) is 0 Å². The first-order valence-electron chi connectivity index (χ1n) is 4.27. The third kappa shape index (κ3) is 2.45. The number of nitro benzene ring substituents is 1. The molecule has 0 aliphatic heterocycles. The van der Waals surface area contributed by atoms with Gasteiger partial charge in [-0.25, -0.2) is 0 Å². The lowest BCUT2D eigenvalue weighted by molar-refractivity contribution is -0.386. The van der Waals surface area contributed by atoms with E-state index in [1.807, 2.05) is 13.8 Å². The zero-order chi connectivity index (χ0) is 10.7. The van der Waals surface area contributed by atoms with Crippen LogP contribution in [0.1, 0.15) is 19.4 Å². The Kier molecular flexibility index (Phi) is 3.06. The molecular formula is C10H12NO3. The second kappa shape index (κ2) is 4.09. The molecule has 0 N–H and O–H groups in total. The van der Waals surface area contributed by atoms with Crippen LogP contribution in [-0.4, -0.2) is 11.0 Å². The van der Waals surface area contributed by atoms with E-state index in [-0.39, 0.29) is 17.5 Å². The molecule has 0 saturated carbocycles. The molecule has 0 aromatic heterocycles. The van der Waals surface area contributed by atoms with E-state index in [0.717, 1.165) is 0 Å². The highest BCUT2D eigenvalue weighted by Crippen LogP contribution is 2.28. The molecule has 0 aliphatic rings. The highest BCUT2D eigenvalue weighted by atomic mass is 16.6. The van der Waals surface area contributed by atoms with E-state index in [0.29, 0.717) is 5.56 Å². The molecule has 0 spiro atoms. The third-order valence-corrected chi connectivity index (χ3v) is 1.58. The van der Waals surface area contributed by atoms with Crippen molar-refractivity contribution in [2.75, 3.05) is 0 Å². The van der Waals surface area contributed by atoms with Crippen LogP contribution in [0.2, 0.25) is 0 Å². The number of ether oxygens (including phenoxy) is 1. The second-order valence-corrected chi connectivity index (χ2v) is 3.23. The Balaban J connectivity index is 3.09. The number of nitrogens with zero attached hydrogens (tertiary/aromatic N) is 1. The molecule has 14 heavy (non-hydrogen) atoms. The standard InChI is InChI=1S/C10H12NO3/c1-7(2)14-10-6-8(3)4-5-9(10)11(12)13/h4-7H,3H2,1-2H3. The van der Waals surface area contributed by atoms with E-state index in [4.69, 9.17) is 4.74 Å². The fraction of sp³-hybridized carbons (Fsp3) is 0.300. The zero-order valence-corrected chi connectivity index (χ0v) is 8.19. The van der Waals surface area contributed by atoms with Gasteiger partial charge in [-0.15, -0.1) is 0 Å². The van der Waals surface area contributed by atoms with Crippen LogP contribution >= 0.6 is 0 Å². The van der Waals surface area contributed by atoms with Gasteiger partial charge in [-0.05, 0) is 32.4 Å². The van der Waals surface area contributed by atoms with Crippen molar-refractivity contribution in [3.63, 3.8) is 0 Å². The highest BCUT2D eigenvalue weighted by molar-refractivity contribution is 5.49. The zero-order valence-electron chi connectivity index (χ0n) is 8.19. The molecule has 1 rings (SSSR count). The lowest BCUT2D eigenvalue weighted by Crippen LogP contribution is -2.07. The molecular weight excluding hydrogens is 182 g/mol. The van der Waals surface area contributed by atoms with Crippen molar-refractivity contribution in [3.8, 4) is 5.75 Å². The molecule has 4 nitrogen and oxygen atoms in total. The van der Waals surface area contributed by atoms with Crippen LogP contribution < -0.4 is 4.74 Å². The van der Waals surface area contributed by atoms with Crippen molar-refractivity contribution in [1.29, 1.82) is 0 Å². The first-order valence-corrected chi connectivity index (χ1v) is 4.27. The highest BCUT2D eigenvalue weighted by Gasteiger charge is 2.15. The van der Waals surface area contributed by atoms with Crippen molar-refractivity contribution in [3.05, 3.63) is 40.8 Å². The summed E-state index contributed by atoms with van der Waals surface area (Å²) >= 11 is 0. The van der Waals surface area contributed by atoms with E-state index < -0.39 is 4.92 Å². The van der Waals surface area contributed by atoms with Crippen LogP contribution in [0.25, 0.3) is 0 Å². The molecule has 0 saturated heterocycles. The fourth-order valence-corrected chi connectivity index (χ4v) is 1.06. The van der Waals surface area contributed by atoms with Gasteiger partial charge in [0.1, 0.15) is 0 Å². The summed E-state index contributed by atoms with van der Waals surface area (Å²) < 4.78 is 5.31. The monoisotopic (exact) mass is 194 g/mol. The Morgan fingerprint density at radius 2 is 2.14 bits per heavy atom. The molecule has 0 bridgehead atoms. The SMILES string of the molecule is [CH2]c1ccc([N+](=O)[O-])c(OC(C)C)c1. The lowest BCUT2D eigenvalue weighted by atomic mass is 10.2. The van der Waals surface area contributed by atoms with Crippen LogP contribution in [0.4, 0.5) is 5.69 Å². The summed E-state index contributed by atoms with van der Waals surface area (Å²) in [6, 6.07) is 4.56. The maximum Gasteiger partial charge on any atom is 0.310 e. The summed E-state index contributed by atoms with van der Waals surface area (Å²) in [6.45, 7) is 7.32. The Morgan fingerprint density at radius 3 is 2.64 bits per heavy atom. The third-order valence-electron chi connectivity index (χ3n) is 1.58. The Hall–Kier alpha value is -1.58. The van der Waals surface area contributed by atoms with Gasteiger partial charge in [-0.1, -0.05) is 6.07 Å². The maximum atomic E-state index is 10.6. The van der Waals surface area contributed by atoms with E-state index >= 15 is 0 Å². The van der Waals surface area contributed by atoms with Crippen LogP contribution in [0, 0.1) is 17.0 Å². The fourth-order valence-electron chi connectivity index (χ4n) is 1.06. The minimum atomic E-state index is -0.461. The summed E-state index contributed by atoms with van der Waals surface area (Å²) in [6.07, 6.45) is -0.0875. The maximum absolute atomic E-state index is 10.6. The van der Waals surface area contributed by atoms with Crippen LogP contribution in [0.15, 0.2) is 18.2 Å². The van der Waals surface area contributed by atoms with Gasteiger partial charge in [0.15, 0.2) is 5.75 Å². The molecule has 0 atom stereocenters. The number of hydrogen-bond donors (Lipinski definition) is 0. The normalized spacial score (nSPS) is 10.3. The molecule has 0 unspecified atom stereocenters. The Bertz CT molecular complexity index is 347. The van der Waals surface area contributed by atoms with Gasteiger partial charge in [0, 0.05) is 6.07 Å². The molecule has 0 amide bonds. The van der Waals surface area contributed by atoms with Gasteiger partial charge in [0.05, 0.1) is 11.0 Å². The molecule has 4 heteroatoms. The first kappa shape index (κ1) is 10.5. The first-order chi connectivity index (χ1) is 6.50. The average molecular weight is 194 g/mol. The molecule has 0 heterocycles. The van der Waals surface area contributed by atoms with Gasteiger partial charge in [0.2, 0.25) is 0 Å². The van der Waals surface area contributed by atoms with E-state index in [1.54, 1.807) is 12.1 Å². The Labute approximate surface area is 82.7 Å². The summed E-state index contributed by atoms with van der Waals surface area (Å²) in [5.74, 6) is 0.275. The van der Waals surface area contributed by atoms with Crippen molar-refractivity contribution in [1.82, 2.24) is 0 Å². The minimum absolute atomic E-state index is 0.0221. The predicted molar refractivity (Wildman–Crippen MR) is 53.3 cm³/mol. The minimum Gasteiger partial charge on any atom is -0.484 e. The van der Waals surface area contributed by atoms with Crippen molar-refractivity contribution < 1.29 is 9.66 Å². The van der Waals surface area contributed by atoms with Crippen molar-refractivity contribution in [2.24, 2.45) is 0 Å².